The molecule has 1 fully saturated rings. The molecular formula is C16H28O4Si. The molecule has 120 valence electrons. The molecule has 1 aliphatic rings. The van der Waals surface area contributed by atoms with Crippen molar-refractivity contribution in [3.8, 4) is 0 Å². The molecule has 0 unspecified atom stereocenters. The van der Waals surface area contributed by atoms with E-state index >= 15 is 0 Å². The molecule has 0 aromatic rings. The van der Waals surface area contributed by atoms with Gasteiger partial charge in [-0.1, -0.05) is 12.2 Å². The molecule has 0 aliphatic heterocycles. The number of ether oxygens (including phenoxy) is 1. The minimum Gasteiger partial charge on any atom is -0.469 e. The van der Waals surface area contributed by atoms with Crippen LogP contribution in [0.15, 0.2) is 12.2 Å². The number of carbonyl (C=O) groups is 2. The van der Waals surface area contributed by atoms with Gasteiger partial charge in [0.2, 0.25) is 0 Å². The zero-order valence-corrected chi connectivity index (χ0v) is 14.7. The highest BCUT2D eigenvalue weighted by Crippen LogP contribution is 2.34. The summed E-state index contributed by atoms with van der Waals surface area (Å²) in [6.45, 7) is 7.26. The Morgan fingerprint density at radius 2 is 2.05 bits per heavy atom. The summed E-state index contributed by atoms with van der Waals surface area (Å²) >= 11 is 0. The molecule has 2 atom stereocenters. The maximum absolute atomic E-state index is 11.9. The molecule has 1 aliphatic carbocycles. The zero-order valence-electron chi connectivity index (χ0n) is 13.7. The van der Waals surface area contributed by atoms with Gasteiger partial charge in [0.1, 0.15) is 5.78 Å². The van der Waals surface area contributed by atoms with Gasteiger partial charge in [0.25, 0.3) is 0 Å². The Balaban J connectivity index is 2.34. The molecule has 21 heavy (non-hydrogen) atoms. The fraction of sp³-hybridized carbons (Fsp3) is 0.750. The lowest BCUT2D eigenvalue weighted by atomic mass is 9.89. The Kier molecular flexibility index (Phi) is 7.32. The van der Waals surface area contributed by atoms with Crippen LogP contribution >= 0.6 is 0 Å². The van der Waals surface area contributed by atoms with Crippen LogP contribution in [0.3, 0.4) is 0 Å². The lowest BCUT2D eigenvalue weighted by molar-refractivity contribution is -0.142. The minimum atomic E-state index is -1.43. The van der Waals surface area contributed by atoms with Crippen LogP contribution in [0, 0.1) is 11.8 Å². The number of hydrogen-bond donors (Lipinski definition) is 0. The van der Waals surface area contributed by atoms with Crippen molar-refractivity contribution in [1.82, 2.24) is 0 Å². The highest BCUT2D eigenvalue weighted by Gasteiger charge is 2.34. The number of hydrogen-bond acceptors (Lipinski definition) is 4. The molecule has 0 bridgehead atoms. The Labute approximate surface area is 129 Å². The first-order valence-corrected chi connectivity index (χ1v) is 11.1. The summed E-state index contributed by atoms with van der Waals surface area (Å²) in [7, 11) is -0.0316. The summed E-state index contributed by atoms with van der Waals surface area (Å²) in [4.78, 5) is 23.3. The Morgan fingerprint density at radius 3 is 2.67 bits per heavy atom. The van der Waals surface area contributed by atoms with Gasteiger partial charge >= 0.3 is 5.97 Å². The van der Waals surface area contributed by atoms with Crippen molar-refractivity contribution in [3.05, 3.63) is 12.2 Å². The number of Topliss-reactive ketones (excluding diaryl/α,β-unsaturated/α-hetero) is 1. The maximum Gasteiger partial charge on any atom is 0.305 e. The van der Waals surface area contributed by atoms with Crippen LogP contribution in [-0.2, 0) is 18.8 Å². The fourth-order valence-electron chi connectivity index (χ4n) is 2.64. The van der Waals surface area contributed by atoms with E-state index in [-0.39, 0.29) is 23.6 Å². The van der Waals surface area contributed by atoms with Gasteiger partial charge in [-0.05, 0) is 44.8 Å². The topological polar surface area (TPSA) is 52.6 Å². The van der Waals surface area contributed by atoms with Gasteiger partial charge in [-0.15, -0.1) is 0 Å². The van der Waals surface area contributed by atoms with Crippen molar-refractivity contribution in [3.63, 3.8) is 0 Å². The first-order chi connectivity index (χ1) is 9.83. The van der Waals surface area contributed by atoms with E-state index in [4.69, 9.17) is 9.16 Å². The molecule has 0 radical (unpaired) electrons. The van der Waals surface area contributed by atoms with E-state index in [1.54, 1.807) is 0 Å². The summed E-state index contributed by atoms with van der Waals surface area (Å²) in [5, 5.41) is 0. The Morgan fingerprint density at radius 1 is 1.33 bits per heavy atom. The number of ketones is 1. The average Bonchev–Trinajstić information content (AvgIpc) is 2.73. The normalized spacial score (nSPS) is 23.0. The number of rotatable bonds is 8. The van der Waals surface area contributed by atoms with Gasteiger partial charge in [-0.2, -0.15) is 0 Å². The van der Waals surface area contributed by atoms with Crippen molar-refractivity contribution in [1.29, 1.82) is 0 Å². The molecule has 0 aromatic carbocycles. The first kappa shape index (κ1) is 18.1. The van der Waals surface area contributed by atoms with Crippen molar-refractivity contribution in [2.24, 2.45) is 11.8 Å². The SMILES string of the molecule is COC(=O)C[C@@H]1CCC(=O)[C@@H]1C/C=C\CCO[Si](C)(C)C. The summed E-state index contributed by atoms with van der Waals surface area (Å²) in [6, 6.07) is 0. The van der Waals surface area contributed by atoms with E-state index in [1.165, 1.54) is 7.11 Å². The van der Waals surface area contributed by atoms with Gasteiger partial charge in [-0.3, -0.25) is 9.59 Å². The van der Waals surface area contributed by atoms with Gasteiger partial charge in [-0.25, -0.2) is 0 Å². The lowest BCUT2D eigenvalue weighted by Gasteiger charge is -2.16. The van der Waals surface area contributed by atoms with Crippen molar-refractivity contribution in [2.45, 2.75) is 51.7 Å². The van der Waals surface area contributed by atoms with E-state index in [9.17, 15) is 9.59 Å². The molecule has 0 saturated heterocycles. The van der Waals surface area contributed by atoms with Crippen LogP contribution in [0.4, 0.5) is 0 Å². The van der Waals surface area contributed by atoms with Crippen LogP contribution in [0.25, 0.3) is 0 Å². The van der Waals surface area contributed by atoms with Gasteiger partial charge in [0.05, 0.1) is 7.11 Å². The summed E-state index contributed by atoms with van der Waals surface area (Å²) < 4.78 is 10.5. The highest BCUT2D eigenvalue weighted by molar-refractivity contribution is 6.69. The van der Waals surface area contributed by atoms with Crippen LogP contribution in [0.5, 0.6) is 0 Å². The Bertz CT molecular complexity index is 384. The number of esters is 1. The van der Waals surface area contributed by atoms with Crippen molar-refractivity contribution >= 4 is 20.1 Å². The maximum atomic E-state index is 11.9. The monoisotopic (exact) mass is 312 g/mol. The molecule has 1 saturated carbocycles. The van der Waals surface area contributed by atoms with E-state index in [0.717, 1.165) is 25.9 Å². The molecule has 0 heterocycles. The van der Waals surface area contributed by atoms with Crippen LogP contribution in [0.1, 0.15) is 32.1 Å². The Hall–Kier alpha value is -0.943. The second-order valence-electron chi connectivity index (χ2n) is 6.61. The van der Waals surface area contributed by atoms with E-state index < -0.39 is 8.32 Å². The van der Waals surface area contributed by atoms with Crippen LogP contribution < -0.4 is 0 Å². The second-order valence-corrected chi connectivity index (χ2v) is 11.1. The van der Waals surface area contributed by atoms with Crippen molar-refractivity contribution < 1.29 is 18.8 Å². The van der Waals surface area contributed by atoms with Crippen molar-refractivity contribution in [2.75, 3.05) is 13.7 Å². The molecule has 5 heteroatoms. The summed E-state index contributed by atoms with van der Waals surface area (Å²) in [6.07, 6.45) is 7.52. The molecule has 0 amide bonds. The summed E-state index contributed by atoms with van der Waals surface area (Å²) in [5.41, 5.74) is 0. The first-order valence-electron chi connectivity index (χ1n) is 7.72. The zero-order chi connectivity index (χ0) is 15.9. The number of allylic oxidation sites excluding steroid dienone is 1. The quantitative estimate of drug-likeness (QED) is 0.298. The smallest absolute Gasteiger partial charge is 0.305 e. The minimum absolute atomic E-state index is 0.0155. The third-order valence-corrected chi connectivity index (χ3v) is 4.85. The highest BCUT2D eigenvalue weighted by atomic mass is 28.4. The van der Waals surface area contributed by atoms with E-state index in [0.29, 0.717) is 12.8 Å². The molecule has 1 rings (SSSR count). The number of carbonyl (C=O) groups excluding carboxylic acids is 2. The molecule has 0 N–H and O–H groups in total. The van der Waals surface area contributed by atoms with Gasteiger partial charge < -0.3 is 9.16 Å². The fourth-order valence-corrected chi connectivity index (χ4v) is 3.37. The molecule has 0 aromatic heterocycles. The van der Waals surface area contributed by atoms with Gasteiger partial charge in [0, 0.05) is 25.4 Å². The third kappa shape index (κ3) is 7.04. The predicted molar refractivity (Wildman–Crippen MR) is 85.5 cm³/mol. The number of methoxy groups -OCH3 is 1. The largest absolute Gasteiger partial charge is 0.469 e. The molecular weight excluding hydrogens is 284 g/mol. The van der Waals surface area contributed by atoms with Gasteiger partial charge in [0.15, 0.2) is 8.32 Å². The van der Waals surface area contributed by atoms with E-state index in [1.807, 2.05) is 0 Å². The third-order valence-electron chi connectivity index (χ3n) is 3.78. The molecule has 0 spiro atoms. The van der Waals surface area contributed by atoms with Crippen LogP contribution in [-0.4, -0.2) is 33.8 Å². The average molecular weight is 312 g/mol. The van der Waals surface area contributed by atoms with E-state index in [2.05, 4.69) is 31.8 Å². The summed E-state index contributed by atoms with van der Waals surface area (Å²) in [5.74, 6) is 0.199. The predicted octanol–water partition coefficient (Wildman–Crippen LogP) is 3.33. The standard InChI is InChI=1S/C16H28O4Si/c1-19-16(18)12-13-9-10-15(17)14(13)8-6-5-7-11-20-21(2,3)4/h5-6,13-14H,7-12H2,1-4H3/b6-5-/t13-,14+/m0/s1. The second kappa shape index (κ2) is 8.49. The molecule has 4 nitrogen and oxygen atoms in total. The van der Waals surface area contributed by atoms with Crippen LogP contribution in [0.2, 0.25) is 19.6 Å². The lowest BCUT2D eigenvalue weighted by Crippen LogP contribution is -2.25.